The Morgan fingerprint density at radius 1 is 1.12 bits per heavy atom. The first-order chi connectivity index (χ1) is 12.8. The molecule has 2 unspecified atom stereocenters. The maximum Gasteiger partial charge on any atom is 0.242 e. The summed E-state index contributed by atoms with van der Waals surface area (Å²) in [6.45, 7) is 3.52. The molecule has 136 valence electrons. The Hall–Kier alpha value is -2.24. The van der Waals surface area contributed by atoms with E-state index in [0.717, 1.165) is 38.2 Å². The molecule has 0 N–H and O–H groups in total. The highest BCUT2D eigenvalue weighted by molar-refractivity contribution is 5.83. The minimum absolute atomic E-state index is 0.0872. The largest absolute Gasteiger partial charge is 0.378 e. The summed E-state index contributed by atoms with van der Waals surface area (Å²) in [7, 11) is 0. The van der Waals surface area contributed by atoms with Crippen molar-refractivity contribution in [3.63, 3.8) is 0 Å². The van der Waals surface area contributed by atoms with Gasteiger partial charge >= 0.3 is 0 Å². The van der Waals surface area contributed by atoms with Gasteiger partial charge in [0.05, 0.1) is 24.9 Å². The summed E-state index contributed by atoms with van der Waals surface area (Å²) in [5.41, 5.74) is 2.22. The predicted molar refractivity (Wildman–Crippen MR) is 99.4 cm³/mol. The number of benzene rings is 1. The minimum Gasteiger partial charge on any atom is -0.378 e. The van der Waals surface area contributed by atoms with Gasteiger partial charge < -0.3 is 9.64 Å². The zero-order valence-corrected chi connectivity index (χ0v) is 15.0. The minimum atomic E-state index is -0.215. The topological polar surface area (TPSA) is 45.7 Å². The molecule has 1 amide bonds. The Kier molecular flexibility index (Phi) is 5.27. The molecule has 1 aromatic heterocycles. The highest BCUT2D eigenvalue weighted by atomic mass is 16.5. The molecule has 0 bridgehead atoms. The zero-order chi connectivity index (χ0) is 17.8. The summed E-state index contributed by atoms with van der Waals surface area (Å²) in [6, 6.07) is 16.2. The van der Waals surface area contributed by atoms with Gasteiger partial charge in [-0.15, -0.1) is 0 Å². The van der Waals surface area contributed by atoms with Crippen LogP contribution in [0, 0.1) is 0 Å². The number of nitrogens with zero attached hydrogens (tertiary/aromatic N) is 3. The second-order valence-corrected chi connectivity index (χ2v) is 6.99. The molecular formula is C21H25N3O2. The van der Waals surface area contributed by atoms with Gasteiger partial charge in [-0.05, 0) is 30.5 Å². The summed E-state index contributed by atoms with van der Waals surface area (Å²) in [6.07, 6.45) is 3.82. The van der Waals surface area contributed by atoms with Crippen LogP contribution < -0.4 is 0 Å². The van der Waals surface area contributed by atoms with Crippen LogP contribution in [-0.2, 0) is 16.1 Å². The Labute approximate surface area is 154 Å². The van der Waals surface area contributed by atoms with Gasteiger partial charge in [0.2, 0.25) is 5.91 Å². The third-order valence-corrected chi connectivity index (χ3v) is 5.32. The van der Waals surface area contributed by atoms with E-state index in [4.69, 9.17) is 4.74 Å². The first kappa shape index (κ1) is 17.2. The molecule has 2 aromatic rings. The van der Waals surface area contributed by atoms with E-state index in [1.165, 1.54) is 5.56 Å². The molecule has 0 spiro atoms. The number of hydrogen-bond donors (Lipinski definition) is 0. The highest BCUT2D eigenvalue weighted by Crippen LogP contribution is 2.32. The van der Waals surface area contributed by atoms with Gasteiger partial charge in [0.15, 0.2) is 0 Å². The van der Waals surface area contributed by atoms with Crippen LogP contribution in [0.25, 0.3) is 0 Å². The average molecular weight is 351 g/mol. The summed E-state index contributed by atoms with van der Waals surface area (Å²) >= 11 is 0. The van der Waals surface area contributed by atoms with Crippen molar-refractivity contribution in [3.8, 4) is 0 Å². The molecule has 3 heterocycles. The van der Waals surface area contributed by atoms with Crippen LogP contribution in [0.5, 0.6) is 0 Å². The van der Waals surface area contributed by atoms with Gasteiger partial charge in [-0.1, -0.05) is 36.4 Å². The van der Waals surface area contributed by atoms with Crippen LogP contribution in [-0.4, -0.2) is 53.0 Å². The van der Waals surface area contributed by atoms with Crippen LogP contribution in [0.2, 0.25) is 0 Å². The molecule has 1 aromatic carbocycles. The Morgan fingerprint density at radius 2 is 1.96 bits per heavy atom. The fraction of sp³-hybridized carbons (Fsp3) is 0.429. The van der Waals surface area contributed by atoms with E-state index in [1.54, 1.807) is 0 Å². The maximum atomic E-state index is 13.4. The monoisotopic (exact) mass is 351 g/mol. The lowest BCUT2D eigenvalue weighted by Crippen LogP contribution is -2.54. The number of amides is 1. The van der Waals surface area contributed by atoms with E-state index >= 15 is 0 Å². The summed E-state index contributed by atoms with van der Waals surface area (Å²) in [4.78, 5) is 22.1. The van der Waals surface area contributed by atoms with Crippen molar-refractivity contribution in [1.82, 2.24) is 14.8 Å². The van der Waals surface area contributed by atoms with Crippen LogP contribution in [0.4, 0.5) is 0 Å². The summed E-state index contributed by atoms with van der Waals surface area (Å²) in [5.74, 6) is 0.175. The van der Waals surface area contributed by atoms with Gasteiger partial charge in [0.1, 0.15) is 6.04 Å². The number of likely N-dealkylation sites (tertiary alicyclic amines) is 1. The molecule has 2 atom stereocenters. The Bertz CT molecular complexity index is 723. The molecule has 2 aliphatic rings. The van der Waals surface area contributed by atoms with Gasteiger partial charge in [-0.25, -0.2) is 0 Å². The van der Waals surface area contributed by atoms with Crippen LogP contribution in [0.1, 0.15) is 30.1 Å². The average Bonchev–Trinajstić information content (AvgIpc) is 3.19. The Balaban J connectivity index is 1.51. The van der Waals surface area contributed by atoms with E-state index < -0.39 is 0 Å². The molecule has 2 saturated heterocycles. The second-order valence-electron chi connectivity index (χ2n) is 6.99. The standard InChI is InChI=1S/C21H25N3O2/c25-21(24-12-6-10-19(24)18-9-4-5-11-22-18)20-16-26-14-13-23(20)15-17-7-2-1-3-8-17/h1-5,7-9,11,19-20H,6,10,12-16H2. The van der Waals surface area contributed by atoms with Crippen molar-refractivity contribution < 1.29 is 9.53 Å². The van der Waals surface area contributed by atoms with Gasteiger partial charge in [0.25, 0.3) is 0 Å². The quantitative estimate of drug-likeness (QED) is 0.850. The van der Waals surface area contributed by atoms with Crippen LogP contribution in [0.15, 0.2) is 54.7 Å². The van der Waals surface area contributed by atoms with Crippen LogP contribution in [0.3, 0.4) is 0 Å². The van der Waals surface area contributed by atoms with Gasteiger partial charge in [-0.2, -0.15) is 0 Å². The number of hydrogen-bond acceptors (Lipinski definition) is 4. The van der Waals surface area contributed by atoms with Crippen molar-refractivity contribution in [3.05, 3.63) is 66.0 Å². The Morgan fingerprint density at radius 3 is 2.77 bits per heavy atom. The van der Waals surface area contributed by atoms with Crippen molar-refractivity contribution in [2.45, 2.75) is 31.5 Å². The first-order valence-electron chi connectivity index (χ1n) is 9.40. The number of ether oxygens (including phenoxy) is 1. The molecule has 0 aliphatic carbocycles. The van der Waals surface area contributed by atoms with Crippen molar-refractivity contribution in [2.75, 3.05) is 26.3 Å². The lowest BCUT2D eigenvalue weighted by atomic mass is 10.1. The number of aromatic nitrogens is 1. The number of carbonyl (C=O) groups is 1. The summed E-state index contributed by atoms with van der Waals surface area (Å²) in [5, 5.41) is 0. The van der Waals surface area contributed by atoms with Crippen molar-refractivity contribution in [1.29, 1.82) is 0 Å². The van der Waals surface area contributed by atoms with Crippen LogP contribution >= 0.6 is 0 Å². The molecule has 5 heteroatoms. The van der Waals surface area contributed by atoms with E-state index in [1.807, 2.05) is 47.5 Å². The van der Waals surface area contributed by atoms with E-state index in [9.17, 15) is 4.79 Å². The van der Waals surface area contributed by atoms with E-state index in [0.29, 0.717) is 13.2 Å². The highest BCUT2D eigenvalue weighted by Gasteiger charge is 2.38. The molecule has 2 aliphatic heterocycles. The molecule has 0 saturated carbocycles. The van der Waals surface area contributed by atoms with Crippen molar-refractivity contribution in [2.24, 2.45) is 0 Å². The third-order valence-electron chi connectivity index (χ3n) is 5.32. The second kappa shape index (κ2) is 7.98. The predicted octanol–water partition coefficient (Wildman–Crippen LogP) is 2.65. The SMILES string of the molecule is O=C(C1COCCN1Cc1ccccc1)N1CCCC1c1ccccn1. The molecule has 4 rings (SSSR count). The fourth-order valence-corrected chi connectivity index (χ4v) is 3.98. The molecule has 2 fully saturated rings. The smallest absolute Gasteiger partial charge is 0.242 e. The zero-order valence-electron chi connectivity index (χ0n) is 15.0. The molecule has 26 heavy (non-hydrogen) atoms. The number of rotatable bonds is 4. The van der Waals surface area contributed by atoms with Gasteiger partial charge in [-0.3, -0.25) is 14.7 Å². The molecular weight excluding hydrogens is 326 g/mol. The number of morpholine rings is 1. The van der Waals surface area contributed by atoms with E-state index in [-0.39, 0.29) is 18.0 Å². The third kappa shape index (κ3) is 3.64. The van der Waals surface area contributed by atoms with E-state index in [2.05, 4.69) is 22.0 Å². The molecule has 0 radical (unpaired) electrons. The lowest BCUT2D eigenvalue weighted by molar-refractivity contribution is -0.144. The lowest BCUT2D eigenvalue weighted by Gasteiger charge is -2.38. The number of carbonyl (C=O) groups excluding carboxylic acids is 1. The summed E-state index contributed by atoms with van der Waals surface area (Å²) < 4.78 is 5.67. The number of pyridine rings is 1. The van der Waals surface area contributed by atoms with Crippen molar-refractivity contribution >= 4 is 5.91 Å². The maximum absolute atomic E-state index is 13.4. The van der Waals surface area contributed by atoms with Gasteiger partial charge in [0, 0.05) is 25.8 Å². The normalized spacial score (nSPS) is 23.9. The first-order valence-corrected chi connectivity index (χ1v) is 9.40. The fourth-order valence-electron chi connectivity index (χ4n) is 3.98. The molecule has 5 nitrogen and oxygen atoms in total.